The maximum Gasteiger partial charge on any atom is 0.308 e. The predicted octanol–water partition coefficient (Wildman–Crippen LogP) is -0.548. The second-order valence-corrected chi connectivity index (χ2v) is 2.95. The maximum atomic E-state index is 10.7. The lowest BCUT2D eigenvalue weighted by molar-refractivity contribution is -0.141. The molecule has 3 atom stereocenters. The average molecular weight is 158 g/mol. The van der Waals surface area contributed by atoms with Crippen molar-refractivity contribution in [2.75, 3.05) is 6.61 Å². The molecule has 0 spiro atoms. The van der Waals surface area contributed by atoms with Gasteiger partial charge >= 0.3 is 5.97 Å². The van der Waals surface area contributed by atoms with E-state index in [0.29, 0.717) is 12.8 Å². The number of carbonyl (C=O) groups excluding carboxylic acids is 1. The summed E-state index contributed by atoms with van der Waals surface area (Å²) >= 11 is 0. The Morgan fingerprint density at radius 1 is 1.55 bits per heavy atom. The molecule has 2 saturated heterocycles. The second-order valence-electron chi connectivity index (χ2n) is 2.95. The van der Waals surface area contributed by atoms with Crippen LogP contribution in [0.25, 0.3) is 0 Å². The van der Waals surface area contributed by atoms with Crippen LogP contribution in [0.1, 0.15) is 12.8 Å². The fourth-order valence-corrected chi connectivity index (χ4v) is 1.60. The first-order valence-corrected chi connectivity index (χ1v) is 3.75. The number of esters is 1. The molecule has 0 aromatic heterocycles. The number of fused-ring (bicyclic) bond motifs is 1. The number of aliphatic hydroxyl groups is 1. The molecule has 2 rings (SSSR count). The summed E-state index contributed by atoms with van der Waals surface area (Å²) in [5.74, 6) is -0.184. The topological polar surface area (TPSA) is 55.8 Å². The summed E-state index contributed by atoms with van der Waals surface area (Å²) in [6.45, 7) is 0.0184. The molecule has 4 heteroatoms. The first-order valence-electron chi connectivity index (χ1n) is 3.75. The van der Waals surface area contributed by atoms with E-state index in [1.165, 1.54) is 0 Å². The minimum atomic E-state index is -0.184. The third-order valence-corrected chi connectivity index (χ3v) is 2.13. The number of rotatable bonds is 1. The molecule has 2 aliphatic heterocycles. The Morgan fingerprint density at radius 3 is 3.00 bits per heavy atom. The van der Waals surface area contributed by atoms with Crippen LogP contribution in [-0.4, -0.2) is 36.0 Å². The van der Waals surface area contributed by atoms with Crippen molar-refractivity contribution in [1.82, 2.24) is 0 Å². The largest absolute Gasteiger partial charge is 0.459 e. The Hall–Kier alpha value is -0.610. The quantitative estimate of drug-likeness (QED) is 0.520. The van der Waals surface area contributed by atoms with Crippen LogP contribution in [-0.2, 0) is 14.3 Å². The highest BCUT2D eigenvalue weighted by molar-refractivity contribution is 5.72. The van der Waals surface area contributed by atoms with E-state index in [0.717, 1.165) is 0 Å². The van der Waals surface area contributed by atoms with Gasteiger partial charge in [0.05, 0.1) is 19.1 Å². The number of ether oxygens (including phenoxy) is 2. The zero-order valence-electron chi connectivity index (χ0n) is 6.03. The monoisotopic (exact) mass is 158 g/mol. The fourth-order valence-electron chi connectivity index (χ4n) is 1.60. The van der Waals surface area contributed by atoms with E-state index in [-0.39, 0.29) is 30.9 Å². The molecule has 0 bridgehead atoms. The standard InChI is InChI=1S/C7H10O4/c8-3-4-1-5-6(10-4)2-7(9)11-5/h4-6,8H,1-3H2/t4-,5+,6+/m0/s1. The van der Waals surface area contributed by atoms with Crippen molar-refractivity contribution in [3.63, 3.8) is 0 Å². The summed E-state index contributed by atoms with van der Waals surface area (Å²) in [6, 6.07) is 0. The Labute approximate surface area is 64.1 Å². The van der Waals surface area contributed by atoms with Gasteiger partial charge in [-0.15, -0.1) is 0 Å². The van der Waals surface area contributed by atoms with Gasteiger partial charge in [0, 0.05) is 6.42 Å². The van der Waals surface area contributed by atoms with Crippen LogP contribution in [0.3, 0.4) is 0 Å². The van der Waals surface area contributed by atoms with E-state index < -0.39 is 0 Å². The van der Waals surface area contributed by atoms with Crippen molar-refractivity contribution in [2.45, 2.75) is 31.2 Å². The van der Waals surface area contributed by atoms with Crippen LogP contribution in [0.5, 0.6) is 0 Å². The average Bonchev–Trinajstić information content (AvgIpc) is 2.43. The van der Waals surface area contributed by atoms with Crippen molar-refractivity contribution < 1.29 is 19.4 Å². The van der Waals surface area contributed by atoms with Crippen molar-refractivity contribution >= 4 is 5.97 Å². The number of hydrogen-bond acceptors (Lipinski definition) is 4. The summed E-state index contributed by atoms with van der Waals surface area (Å²) in [5, 5.41) is 8.72. The number of hydrogen-bond donors (Lipinski definition) is 1. The molecule has 0 unspecified atom stereocenters. The highest BCUT2D eigenvalue weighted by Gasteiger charge is 2.43. The summed E-state index contributed by atoms with van der Waals surface area (Å²) in [4.78, 5) is 10.7. The van der Waals surface area contributed by atoms with E-state index in [1.54, 1.807) is 0 Å². The van der Waals surface area contributed by atoms with Gasteiger partial charge in [0.2, 0.25) is 0 Å². The Bertz CT molecular complexity index is 163. The zero-order valence-corrected chi connectivity index (χ0v) is 6.03. The van der Waals surface area contributed by atoms with Gasteiger partial charge < -0.3 is 14.6 Å². The van der Waals surface area contributed by atoms with Crippen LogP contribution < -0.4 is 0 Å². The molecule has 1 N–H and O–H groups in total. The molecule has 2 heterocycles. The first kappa shape index (κ1) is 7.06. The lowest BCUT2D eigenvalue weighted by Gasteiger charge is -2.05. The second kappa shape index (κ2) is 2.46. The molecular formula is C7H10O4. The van der Waals surface area contributed by atoms with Gasteiger partial charge in [0.25, 0.3) is 0 Å². The number of aliphatic hydroxyl groups excluding tert-OH is 1. The zero-order chi connectivity index (χ0) is 7.84. The van der Waals surface area contributed by atoms with Crippen molar-refractivity contribution in [3.8, 4) is 0 Å². The Balaban J connectivity index is 1.98. The predicted molar refractivity (Wildman–Crippen MR) is 34.9 cm³/mol. The van der Waals surface area contributed by atoms with Crippen LogP contribution in [0.15, 0.2) is 0 Å². The van der Waals surface area contributed by atoms with Gasteiger partial charge in [-0.2, -0.15) is 0 Å². The van der Waals surface area contributed by atoms with Crippen LogP contribution in [0.2, 0.25) is 0 Å². The molecule has 0 aliphatic carbocycles. The van der Waals surface area contributed by atoms with Crippen LogP contribution in [0.4, 0.5) is 0 Å². The third kappa shape index (κ3) is 1.12. The minimum absolute atomic E-state index is 0.0184. The van der Waals surface area contributed by atoms with Gasteiger partial charge in [0.1, 0.15) is 12.2 Å². The third-order valence-electron chi connectivity index (χ3n) is 2.13. The lowest BCUT2D eigenvalue weighted by Crippen LogP contribution is -2.15. The van der Waals surface area contributed by atoms with Crippen molar-refractivity contribution in [3.05, 3.63) is 0 Å². The summed E-state index contributed by atoms with van der Waals surface area (Å²) in [6.07, 6.45) is 0.672. The smallest absolute Gasteiger partial charge is 0.308 e. The Morgan fingerprint density at radius 2 is 2.36 bits per heavy atom. The minimum Gasteiger partial charge on any atom is -0.459 e. The molecule has 0 amide bonds. The molecular weight excluding hydrogens is 148 g/mol. The van der Waals surface area contributed by atoms with Gasteiger partial charge in [0.15, 0.2) is 0 Å². The molecule has 0 saturated carbocycles. The van der Waals surface area contributed by atoms with Crippen molar-refractivity contribution in [2.24, 2.45) is 0 Å². The highest BCUT2D eigenvalue weighted by atomic mass is 16.6. The van der Waals surface area contributed by atoms with Gasteiger partial charge in [-0.05, 0) is 0 Å². The van der Waals surface area contributed by atoms with Crippen molar-refractivity contribution in [1.29, 1.82) is 0 Å². The lowest BCUT2D eigenvalue weighted by atomic mass is 10.1. The first-order chi connectivity index (χ1) is 5.29. The Kier molecular flexibility index (Phi) is 1.58. The van der Waals surface area contributed by atoms with E-state index in [4.69, 9.17) is 14.6 Å². The SMILES string of the molecule is O=C1C[C@H]2O[C@H](CO)C[C@H]2O1. The molecule has 2 fully saturated rings. The molecule has 2 aliphatic rings. The summed E-state index contributed by atoms with van der Waals surface area (Å²) in [7, 11) is 0. The number of carbonyl (C=O) groups is 1. The highest BCUT2D eigenvalue weighted by Crippen LogP contribution is 2.30. The van der Waals surface area contributed by atoms with Gasteiger partial charge in [-0.3, -0.25) is 4.79 Å². The summed E-state index contributed by atoms with van der Waals surface area (Å²) < 4.78 is 10.3. The molecule has 4 nitrogen and oxygen atoms in total. The molecule has 62 valence electrons. The van der Waals surface area contributed by atoms with Crippen LogP contribution >= 0.6 is 0 Å². The van der Waals surface area contributed by atoms with E-state index >= 15 is 0 Å². The van der Waals surface area contributed by atoms with E-state index in [2.05, 4.69) is 0 Å². The van der Waals surface area contributed by atoms with E-state index in [9.17, 15) is 4.79 Å². The van der Waals surface area contributed by atoms with E-state index in [1.807, 2.05) is 0 Å². The molecule has 0 aromatic rings. The maximum absolute atomic E-state index is 10.7. The van der Waals surface area contributed by atoms with Gasteiger partial charge in [-0.25, -0.2) is 0 Å². The van der Waals surface area contributed by atoms with Crippen LogP contribution in [0, 0.1) is 0 Å². The molecule has 11 heavy (non-hydrogen) atoms. The molecule has 0 radical (unpaired) electrons. The molecule has 0 aromatic carbocycles. The van der Waals surface area contributed by atoms with Gasteiger partial charge in [-0.1, -0.05) is 0 Å². The fraction of sp³-hybridized carbons (Fsp3) is 0.857. The summed E-state index contributed by atoms with van der Waals surface area (Å²) in [5.41, 5.74) is 0. The normalized spacial score (nSPS) is 42.3.